The molecular weight excluding hydrogens is 516 g/mol. The number of hydrogen-bond donors (Lipinski definition) is 2. The average Bonchev–Trinajstić information content (AvgIpc) is 2.92. The van der Waals surface area contributed by atoms with Crippen molar-refractivity contribution in [3.63, 3.8) is 0 Å². The zero-order valence-corrected chi connectivity index (χ0v) is 23.9. The van der Waals surface area contributed by atoms with Crippen LogP contribution in [0.5, 0.6) is 5.88 Å². The number of rotatable bonds is 12. The Bertz CT molecular complexity index is 1510. The van der Waals surface area contributed by atoms with Crippen molar-refractivity contribution in [3.05, 3.63) is 75.6 Å². The number of benzene rings is 2. The fourth-order valence-corrected chi connectivity index (χ4v) is 5.24. The van der Waals surface area contributed by atoms with Gasteiger partial charge in [-0.25, -0.2) is 8.42 Å². The zero-order valence-electron chi connectivity index (χ0n) is 23.1. The maximum Gasteiger partial charge on any atom is 0.261 e. The summed E-state index contributed by atoms with van der Waals surface area (Å²) < 4.78 is 29.4. The Balaban J connectivity index is 1.83. The maximum absolute atomic E-state index is 12.9. The van der Waals surface area contributed by atoms with Gasteiger partial charge in [0.25, 0.3) is 15.6 Å². The number of carbonyl (C=O) groups is 1. The molecule has 1 heterocycles. The number of azo groups is 1. The Labute approximate surface area is 229 Å². The molecule has 3 rings (SSSR count). The van der Waals surface area contributed by atoms with Gasteiger partial charge in [-0.2, -0.15) is 5.11 Å². The molecule has 3 aromatic rings. The summed E-state index contributed by atoms with van der Waals surface area (Å²) in [5.41, 5.74) is 2.21. The molecule has 1 atom stereocenters. The third-order valence-electron chi connectivity index (χ3n) is 6.89. The molecule has 39 heavy (non-hydrogen) atoms. The van der Waals surface area contributed by atoms with Crippen LogP contribution in [0, 0.1) is 19.8 Å². The molecule has 0 amide bonds. The summed E-state index contributed by atoms with van der Waals surface area (Å²) in [6.07, 6.45) is 3.98. The van der Waals surface area contributed by atoms with E-state index in [9.17, 15) is 23.1 Å². The predicted octanol–water partition coefficient (Wildman–Crippen LogP) is 6.81. The molecular formula is C29H36N4O5S. The summed E-state index contributed by atoms with van der Waals surface area (Å²) >= 11 is 0. The quantitative estimate of drug-likeness (QED) is 0.188. The number of carbonyl (C=O) groups excluding carboxylic acids is 1. The highest BCUT2D eigenvalue weighted by atomic mass is 32.2. The highest BCUT2D eigenvalue weighted by Crippen LogP contribution is 2.33. The maximum atomic E-state index is 12.9. The fraction of sp³-hybridized carbons (Fsp3) is 0.379. The minimum absolute atomic E-state index is 0.0261. The van der Waals surface area contributed by atoms with E-state index in [0.29, 0.717) is 34.6 Å². The first-order chi connectivity index (χ1) is 18.5. The summed E-state index contributed by atoms with van der Waals surface area (Å²) in [7, 11) is -3.87. The normalized spacial score (nSPS) is 12.5. The van der Waals surface area contributed by atoms with Crippen LogP contribution < -0.4 is 10.3 Å². The number of aromatic nitrogens is 1. The van der Waals surface area contributed by atoms with Crippen molar-refractivity contribution in [2.75, 3.05) is 4.72 Å². The second-order valence-electron chi connectivity index (χ2n) is 9.69. The summed E-state index contributed by atoms with van der Waals surface area (Å²) in [5.74, 6) is -0.0691. The molecule has 1 aromatic heterocycles. The van der Waals surface area contributed by atoms with Crippen LogP contribution in [0.1, 0.15) is 67.9 Å². The van der Waals surface area contributed by atoms with E-state index >= 15 is 0 Å². The van der Waals surface area contributed by atoms with E-state index in [1.807, 2.05) is 0 Å². The lowest BCUT2D eigenvalue weighted by Crippen LogP contribution is -2.26. The number of nitrogens with one attached hydrogen (secondary N) is 1. The van der Waals surface area contributed by atoms with Gasteiger partial charge in [0.05, 0.1) is 10.6 Å². The number of sulfonamides is 1. The van der Waals surface area contributed by atoms with Crippen molar-refractivity contribution in [1.29, 1.82) is 0 Å². The first-order valence-corrected chi connectivity index (χ1v) is 14.5. The van der Waals surface area contributed by atoms with Crippen LogP contribution in [-0.2, 0) is 16.6 Å². The Hall–Kier alpha value is -3.79. The monoisotopic (exact) mass is 552 g/mol. The lowest BCUT2D eigenvalue weighted by molar-refractivity contribution is 0.101. The molecule has 9 nitrogen and oxygen atoms in total. The minimum Gasteiger partial charge on any atom is -0.493 e. The van der Waals surface area contributed by atoms with Crippen LogP contribution in [0.4, 0.5) is 17.1 Å². The molecule has 0 aliphatic rings. The molecule has 0 aliphatic heterocycles. The van der Waals surface area contributed by atoms with Gasteiger partial charge in [-0.15, -0.1) is 5.11 Å². The van der Waals surface area contributed by atoms with Crippen molar-refractivity contribution in [1.82, 2.24) is 4.57 Å². The van der Waals surface area contributed by atoms with Gasteiger partial charge in [0.1, 0.15) is 5.69 Å². The number of anilines is 1. The number of nitrogens with zero attached hydrogens (tertiary/aromatic N) is 3. The van der Waals surface area contributed by atoms with Crippen molar-refractivity contribution < 1.29 is 18.3 Å². The SMILES string of the molecule is CCCCC(CC)Cn1c(O)c(/N=N/c2ccc(S(=O)(=O)Nc3ccc(C(C)=O)cc3)cc2)c(C)c(C)c1=O. The number of hydrogen-bond acceptors (Lipinski definition) is 7. The van der Waals surface area contributed by atoms with Gasteiger partial charge in [-0.1, -0.05) is 33.1 Å². The summed E-state index contributed by atoms with van der Waals surface area (Å²) in [6.45, 7) is 9.47. The molecule has 0 fully saturated rings. The predicted molar refractivity (Wildman–Crippen MR) is 153 cm³/mol. The third-order valence-corrected chi connectivity index (χ3v) is 8.29. The van der Waals surface area contributed by atoms with Crippen molar-refractivity contribution >= 4 is 32.9 Å². The highest BCUT2D eigenvalue weighted by Gasteiger charge is 2.19. The Kier molecular flexibility index (Phi) is 9.80. The van der Waals surface area contributed by atoms with E-state index in [1.165, 1.54) is 47.9 Å². The first kappa shape index (κ1) is 29.8. The standard InChI is InChI=1S/C29H36N4O5S/c1-6-8-9-22(7-2)18-33-28(35)20(4)19(3)27(29(33)36)31-30-24-14-16-26(17-15-24)39(37,38)32-25-12-10-23(11-13-25)21(5)34/h10-17,22,32,36H,6-9,18H2,1-5H3/b31-30+. The topological polar surface area (TPSA) is 130 Å². The Morgan fingerprint density at radius 3 is 2.21 bits per heavy atom. The fourth-order valence-electron chi connectivity index (χ4n) is 4.18. The second kappa shape index (κ2) is 12.8. The van der Waals surface area contributed by atoms with E-state index < -0.39 is 10.0 Å². The molecule has 0 radical (unpaired) electrons. The van der Waals surface area contributed by atoms with E-state index in [2.05, 4.69) is 28.8 Å². The van der Waals surface area contributed by atoms with Crippen LogP contribution in [0.25, 0.3) is 0 Å². The average molecular weight is 553 g/mol. The molecule has 0 saturated carbocycles. The van der Waals surface area contributed by atoms with Gasteiger partial charge < -0.3 is 5.11 Å². The largest absolute Gasteiger partial charge is 0.493 e. The lowest BCUT2D eigenvalue weighted by atomic mass is 9.99. The molecule has 2 aromatic carbocycles. The smallest absolute Gasteiger partial charge is 0.261 e. The second-order valence-corrected chi connectivity index (χ2v) is 11.4. The van der Waals surface area contributed by atoms with E-state index in [0.717, 1.165) is 25.7 Å². The summed E-state index contributed by atoms with van der Waals surface area (Å²) in [6, 6.07) is 12.0. The minimum atomic E-state index is -3.87. The lowest BCUT2D eigenvalue weighted by Gasteiger charge is -2.19. The molecule has 0 saturated heterocycles. The summed E-state index contributed by atoms with van der Waals surface area (Å²) in [5, 5.41) is 19.4. The van der Waals surface area contributed by atoms with Crippen LogP contribution in [-0.4, -0.2) is 23.9 Å². The third kappa shape index (κ3) is 7.20. The molecule has 0 bridgehead atoms. The Morgan fingerprint density at radius 1 is 1.00 bits per heavy atom. The van der Waals surface area contributed by atoms with Gasteiger partial charge in [0, 0.05) is 23.4 Å². The summed E-state index contributed by atoms with van der Waals surface area (Å²) in [4.78, 5) is 24.4. The van der Waals surface area contributed by atoms with Gasteiger partial charge >= 0.3 is 0 Å². The van der Waals surface area contributed by atoms with Crippen LogP contribution >= 0.6 is 0 Å². The first-order valence-electron chi connectivity index (χ1n) is 13.1. The van der Waals surface area contributed by atoms with E-state index in [1.54, 1.807) is 26.0 Å². The van der Waals surface area contributed by atoms with Gasteiger partial charge in [0.15, 0.2) is 5.78 Å². The van der Waals surface area contributed by atoms with Crippen LogP contribution in [0.3, 0.4) is 0 Å². The number of pyridine rings is 1. The molecule has 10 heteroatoms. The van der Waals surface area contributed by atoms with E-state index in [-0.39, 0.29) is 33.7 Å². The van der Waals surface area contributed by atoms with Gasteiger partial charge in [-0.05, 0) is 87.2 Å². The van der Waals surface area contributed by atoms with Crippen LogP contribution in [0.15, 0.2) is 68.4 Å². The number of aromatic hydroxyl groups is 1. The Morgan fingerprint density at radius 2 is 1.64 bits per heavy atom. The molecule has 0 spiro atoms. The van der Waals surface area contributed by atoms with Crippen molar-refractivity contribution in [2.45, 2.75) is 71.7 Å². The molecule has 2 N–H and O–H groups in total. The van der Waals surface area contributed by atoms with Crippen molar-refractivity contribution in [2.24, 2.45) is 16.1 Å². The zero-order chi connectivity index (χ0) is 28.7. The molecule has 1 unspecified atom stereocenters. The van der Waals surface area contributed by atoms with Gasteiger partial charge in [-0.3, -0.25) is 18.9 Å². The number of unbranched alkanes of at least 4 members (excludes halogenated alkanes) is 1. The van der Waals surface area contributed by atoms with Crippen LogP contribution in [0.2, 0.25) is 0 Å². The molecule has 208 valence electrons. The number of ketones is 1. The van der Waals surface area contributed by atoms with Gasteiger partial charge in [0.2, 0.25) is 5.88 Å². The number of Topliss-reactive ketones (excluding diaryl/α,β-unsaturated/α-hetero) is 1. The molecule has 0 aliphatic carbocycles. The van der Waals surface area contributed by atoms with E-state index in [4.69, 9.17) is 0 Å². The van der Waals surface area contributed by atoms with Crippen molar-refractivity contribution in [3.8, 4) is 5.88 Å². The highest BCUT2D eigenvalue weighted by molar-refractivity contribution is 7.92.